The third-order valence-corrected chi connectivity index (χ3v) is 8.64. The van der Waals surface area contributed by atoms with E-state index in [-0.39, 0.29) is 0 Å². The van der Waals surface area contributed by atoms with Crippen LogP contribution in [0.15, 0.2) is 97.1 Å². The number of hydrogen-bond acceptors (Lipinski definition) is 0. The van der Waals surface area contributed by atoms with Crippen molar-refractivity contribution < 1.29 is 0 Å². The molecule has 0 aliphatic rings. The van der Waals surface area contributed by atoms with Crippen LogP contribution < -0.4 is 0 Å². The molecule has 2 nitrogen and oxygen atoms in total. The minimum Gasteiger partial charge on any atom is -0.309 e. The lowest BCUT2D eigenvalue weighted by molar-refractivity contribution is 0.647. The molecule has 0 fully saturated rings. The summed E-state index contributed by atoms with van der Waals surface area (Å²) in [6.45, 7) is 13.5. The minimum absolute atomic E-state index is 0.646. The van der Waals surface area contributed by atoms with Crippen LogP contribution >= 0.6 is 0 Å². The quantitative estimate of drug-likeness (QED) is 0.196. The molecule has 2 aromatic heterocycles. The Bertz CT molecular complexity index is 1930. The Morgan fingerprint density at radius 3 is 1.14 bits per heavy atom. The highest BCUT2D eigenvalue weighted by atomic mass is 15.0. The molecular weight excluding hydrogens is 508 g/mol. The molecule has 0 radical (unpaired) electrons. The molecule has 0 aliphatic heterocycles. The first kappa shape index (κ1) is 26.6. The molecular formula is C40H40N2. The van der Waals surface area contributed by atoms with Crippen LogP contribution in [0.25, 0.3) is 55.0 Å². The van der Waals surface area contributed by atoms with E-state index in [1.54, 1.807) is 0 Å². The summed E-state index contributed by atoms with van der Waals surface area (Å²) in [6, 6.07) is 37.0. The number of rotatable bonds is 6. The Morgan fingerprint density at radius 1 is 0.429 bits per heavy atom. The van der Waals surface area contributed by atoms with Crippen molar-refractivity contribution >= 4 is 43.6 Å². The summed E-state index contributed by atoms with van der Waals surface area (Å²) in [5, 5.41) is 5.20. The number of fused-ring (bicyclic) bond motifs is 6. The van der Waals surface area contributed by atoms with Crippen LogP contribution in [0.4, 0.5) is 0 Å². The van der Waals surface area contributed by atoms with Gasteiger partial charge in [0.2, 0.25) is 0 Å². The first-order valence-corrected chi connectivity index (χ1v) is 15.4. The molecule has 5 aromatic carbocycles. The third kappa shape index (κ3) is 4.50. The van der Waals surface area contributed by atoms with Gasteiger partial charge in [-0.3, -0.25) is 0 Å². The Hall–Kier alpha value is -4.30. The zero-order valence-corrected chi connectivity index (χ0v) is 25.7. The van der Waals surface area contributed by atoms with E-state index in [2.05, 4.69) is 148 Å². The molecule has 42 heavy (non-hydrogen) atoms. The van der Waals surface area contributed by atoms with Gasteiger partial charge in [-0.05, 0) is 110 Å². The summed E-state index contributed by atoms with van der Waals surface area (Å²) in [5.41, 5.74) is 12.8. The second-order valence-corrected chi connectivity index (χ2v) is 13.1. The lowest BCUT2D eigenvalue weighted by atomic mass is 10.0. The fourth-order valence-electron chi connectivity index (χ4n) is 6.82. The van der Waals surface area contributed by atoms with Crippen LogP contribution in [0.3, 0.4) is 0 Å². The second-order valence-electron chi connectivity index (χ2n) is 13.1. The van der Waals surface area contributed by atoms with Crippen molar-refractivity contribution in [1.29, 1.82) is 0 Å². The van der Waals surface area contributed by atoms with E-state index < -0.39 is 0 Å². The van der Waals surface area contributed by atoms with E-state index >= 15 is 0 Å². The number of benzene rings is 5. The summed E-state index contributed by atoms with van der Waals surface area (Å²) in [6.07, 6.45) is 2.20. The van der Waals surface area contributed by atoms with Crippen LogP contribution in [0.2, 0.25) is 0 Å². The van der Waals surface area contributed by atoms with Gasteiger partial charge in [-0.2, -0.15) is 0 Å². The molecule has 0 bridgehead atoms. The molecule has 0 aliphatic carbocycles. The smallest absolute Gasteiger partial charge is 0.0548 e. The zero-order chi connectivity index (χ0) is 29.1. The Morgan fingerprint density at radius 2 is 0.786 bits per heavy atom. The van der Waals surface area contributed by atoms with Gasteiger partial charge in [0.25, 0.3) is 0 Å². The molecule has 0 spiro atoms. The number of aryl methyl sites for hydroxylation is 2. The average Bonchev–Trinajstić information content (AvgIpc) is 3.43. The van der Waals surface area contributed by atoms with E-state index in [4.69, 9.17) is 0 Å². The van der Waals surface area contributed by atoms with Crippen molar-refractivity contribution in [2.24, 2.45) is 11.8 Å². The second kappa shape index (κ2) is 10.2. The Kier molecular flexibility index (Phi) is 6.46. The fraction of sp³-hybridized carbons (Fsp3) is 0.250. The van der Waals surface area contributed by atoms with E-state index in [0.29, 0.717) is 11.8 Å². The molecule has 0 amide bonds. The van der Waals surface area contributed by atoms with Gasteiger partial charge in [0, 0.05) is 32.9 Å². The van der Waals surface area contributed by atoms with Gasteiger partial charge in [0.1, 0.15) is 0 Å². The zero-order valence-electron chi connectivity index (χ0n) is 25.7. The molecule has 2 heteroatoms. The molecule has 2 heterocycles. The highest BCUT2D eigenvalue weighted by Crippen LogP contribution is 2.40. The van der Waals surface area contributed by atoms with Crippen molar-refractivity contribution in [3.63, 3.8) is 0 Å². The first-order valence-electron chi connectivity index (χ1n) is 15.4. The summed E-state index contributed by atoms with van der Waals surface area (Å²) in [5.74, 6) is 1.29. The lowest BCUT2D eigenvalue weighted by Crippen LogP contribution is -1.97. The number of nitrogens with zero attached hydrogens (tertiary/aromatic N) is 2. The molecule has 0 unspecified atom stereocenters. The van der Waals surface area contributed by atoms with Gasteiger partial charge in [-0.15, -0.1) is 0 Å². The topological polar surface area (TPSA) is 9.86 Å². The first-order chi connectivity index (χ1) is 20.3. The van der Waals surface area contributed by atoms with Gasteiger partial charge in [-0.25, -0.2) is 0 Å². The average molecular weight is 549 g/mol. The van der Waals surface area contributed by atoms with Crippen LogP contribution in [0.5, 0.6) is 0 Å². The molecule has 7 rings (SSSR count). The summed E-state index contributed by atoms with van der Waals surface area (Å²) in [7, 11) is 0. The van der Waals surface area contributed by atoms with Crippen molar-refractivity contribution in [1.82, 2.24) is 9.13 Å². The largest absolute Gasteiger partial charge is 0.309 e. The molecule has 0 saturated carbocycles. The van der Waals surface area contributed by atoms with Crippen LogP contribution in [0.1, 0.15) is 49.9 Å². The van der Waals surface area contributed by atoms with E-state index in [1.165, 1.54) is 77.2 Å². The van der Waals surface area contributed by atoms with Crippen molar-refractivity contribution in [3.8, 4) is 11.4 Å². The number of aromatic nitrogens is 2. The van der Waals surface area contributed by atoms with Crippen molar-refractivity contribution in [3.05, 3.63) is 119 Å². The predicted octanol–water partition coefficient (Wildman–Crippen LogP) is 10.9. The molecule has 0 atom stereocenters. The molecule has 210 valence electrons. The standard InChI is InChI=1S/C40H40N2/c1-25(2)19-29-9-13-31(14-10-29)41-37-17-7-27(5)21-33(37)35-24-40-36(23-39(35)41)34-22-28(6)8-18-38(34)42(40)32-15-11-30(12-16-32)20-26(3)4/h7-18,21-26H,19-20H2,1-6H3. The van der Waals surface area contributed by atoms with Crippen molar-refractivity contribution in [2.45, 2.75) is 54.4 Å². The SMILES string of the molecule is Cc1ccc2c(c1)c1cc3c(cc1n2-c1ccc(CC(C)C)cc1)c1cc(C)ccc1n3-c1ccc(CC(C)C)cc1. The van der Waals surface area contributed by atoms with Gasteiger partial charge < -0.3 is 9.13 Å². The van der Waals surface area contributed by atoms with Crippen molar-refractivity contribution in [2.75, 3.05) is 0 Å². The highest BCUT2D eigenvalue weighted by molar-refractivity contribution is 6.19. The fourth-order valence-corrected chi connectivity index (χ4v) is 6.82. The molecule has 7 aromatic rings. The maximum absolute atomic E-state index is 2.46. The highest BCUT2D eigenvalue weighted by Gasteiger charge is 2.19. The van der Waals surface area contributed by atoms with Gasteiger partial charge in [-0.1, -0.05) is 75.2 Å². The van der Waals surface area contributed by atoms with E-state index in [9.17, 15) is 0 Å². The molecule has 0 saturated heterocycles. The predicted molar refractivity (Wildman–Crippen MR) is 182 cm³/mol. The minimum atomic E-state index is 0.646. The Labute approximate surface area is 249 Å². The summed E-state index contributed by atoms with van der Waals surface area (Å²) in [4.78, 5) is 0. The lowest BCUT2D eigenvalue weighted by Gasteiger charge is -2.11. The van der Waals surface area contributed by atoms with E-state index in [0.717, 1.165) is 12.8 Å². The molecule has 0 N–H and O–H groups in total. The maximum Gasteiger partial charge on any atom is 0.0548 e. The normalized spacial score (nSPS) is 12.2. The van der Waals surface area contributed by atoms with Gasteiger partial charge in [0.15, 0.2) is 0 Å². The summed E-state index contributed by atoms with van der Waals surface area (Å²) < 4.78 is 4.92. The van der Waals surface area contributed by atoms with Crippen LogP contribution in [-0.2, 0) is 12.8 Å². The third-order valence-electron chi connectivity index (χ3n) is 8.64. The monoisotopic (exact) mass is 548 g/mol. The van der Waals surface area contributed by atoms with Gasteiger partial charge in [0.05, 0.1) is 22.1 Å². The summed E-state index contributed by atoms with van der Waals surface area (Å²) >= 11 is 0. The number of hydrogen-bond donors (Lipinski definition) is 0. The maximum atomic E-state index is 2.46. The van der Waals surface area contributed by atoms with E-state index in [1.807, 2.05) is 0 Å². The Balaban J connectivity index is 1.53. The van der Waals surface area contributed by atoms with Crippen LogP contribution in [0, 0.1) is 25.7 Å². The van der Waals surface area contributed by atoms with Crippen LogP contribution in [-0.4, -0.2) is 9.13 Å². The van der Waals surface area contributed by atoms with Gasteiger partial charge >= 0.3 is 0 Å².